The Kier molecular flexibility index (Phi) is 4.54. The quantitative estimate of drug-likeness (QED) is 0.673. The number of nitrogens with zero attached hydrogens (tertiary/aromatic N) is 4. The molecule has 162 valence electrons. The highest BCUT2D eigenvalue weighted by Crippen LogP contribution is 2.45. The van der Waals surface area contributed by atoms with Crippen molar-refractivity contribution in [1.82, 2.24) is 25.2 Å². The van der Waals surface area contributed by atoms with Crippen molar-refractivity contribution in [3.8, 4) is 0 Å². The van der Waals surface area contributed by atoms with E-state index in [1.165, 1.54) is 41.7 Å². The van der Waals surface area contributed by atoms with Gasteiger partial charge < -0.3 is 9.88 Å². The summed E-state index contributed by atoms with van der Waals surface area (Å²) in [6.07, 6.45) is 7.97. The van der Waals surface area contributed by atoms with Crippen molar-refractivity contribution in [2.45, 2.75) is 56.7 Å². The van der Waals surface area contributed by atoms with Gasteiger partial charge in [-0.05, 0) is 69.8 Å². The minimum absolute atomic E-state index is 0.239. The van der Waals surface area contributed by atoms with Gasteiger partial charge in [0, 0.05) is 31.4 Å². The first-order valence-corrected chi connectivity index (χ1v) is 11.8. The molecular formula is C25H32N6. The van der Waals surface area contributed by atoms with Gasteiger partial charge in [-0.25, -0.2) is 4.98 Å². The van der Waals surface area contributed by atoms with Crippen molar-refractivity contribution in [2.24, 2.45) is 0 Å². The van der Waals surface area contributed by atoms with E-state index < -0.39 is 0 Å². The number of aromatic nitrogens is 3. The molecule has 2 N–H and O–H groups in total. The molecule has 1 saturated carbocycles. The zero-order chi connectivity index (χ0) is 21.0. The van der Waals surface area contributed by atoms with E-state index in [0.717, 1.165) is 43.8 Å². The van der Waals surface area contributed by atoms with Gasteiger partial charge in [-0.3, -0.25) is 15.2 Å². The molecule has 0 amide bonds. The lowest BCUT2D eigenvalue weighted by Crippen LogP contribution is -2.53. The number of aryl methyl sites for hydroxylation is 1. The van der Waals surface area contributed by atoms with Crippen LogP contribution in [-0.2, 0) is 0 Å². The summed E-state index contributed by atoms with van der Waals surface area (Å²) in [5.74, 6) is 1.07. The predicted molar refractivity (Wildman–Crippen MR) is 124 cm³/mol. The smallest absolute Gasteiger partial charge is 0.124 e. The summed E-state index contributed by atoms with van der Waals surface area (Å²) in [4.78, 5) is 18.6. The van der Waals surface area contributed by atoms with Crippen LogP contribution in [0.15, 0.2) is 36.5 Å². The molecule has 3 fully saturated rings. The van der Waals surface area contributed by atoms with E-state index in [-0.39, 0.29) is 6.04 Å². The molecular weight excluding hydrogens is 384 g/mol. The van der Waals surface area contributed by atoms with E-state index in [4.69, 9.17) is 4.98 Å². The number of rotatable bonds is 3. The van der Waals surface area contributed by atoms with Gasteiger partial charge in [-0.1, -0.05) is 12.1 Å². The fourth-order valence-electron chi connectivity index (χ4n) is 5.65. The number of nitrogens with one attached hydrogen (secondary N) is 2. The Balaban J connectivity index is 1.29. The molecule has 4 heterocycles. The van der Waals surface area contributed by atoms with Crippen molar-refractivity contribution >= 4 is 16.7 Å². The molecule has 2 atom stereocenters. The van der Waals surface area contributed by atoms with Crippen molar-refractivity contribution in [3.63, 3.8) is 0 Å². The lowest BCUT2D eigenvalue weighted by Gasteiger charge is -2.41. The van der Waals surface area contributed by atoms with Gasteiger partial charge >= 0.3 is 0 Å². The lowest BCUT2D eigenvalue weighted by molar-refractivity contribution is 0.199. The number of aromatic amines is 1. The van der Waals surface area contributed by atoms with E-state index in [1.807, 2.05) is 12.3 Å². The third-order valence-corrected chi connectivity index (χ3v) is 7.78. The number of fused-ring (bicyclic) bond motifs is 1. The average molecular weight is 417 g/mol. The highest BCUT2D eigenvalue weighted by molar-refractivity contribution is 5.89. The van der Waals surface area contributed by atoms with Gasteiger partial charge in [0.15, 0.2) is 0 Å². The number of hydrogen-bond donors (Lipinski definition) is 2. The number of pyridine rings is 1. The van der Waals surface area contributed by atoms with E-state index in [0.29, 0.717) is 11.6 Å². The van der Waals surface area contributed by atoms with Crippen LogP contribution in [0, 0.1) is 6.92 Å². The number of anilines is 1. The molecule has 0 unspecified atom stereocenters. The van der Waals surface area contributed by atoms with Crippen LogP contribution in [0.4, 0.5) is 5.69 Å². The summed E-state index contributed by atoms with van der Waals surface area (Å²) in [6.45, 7) is 5.49. The second-order valence-electron chi connectivity index (χ2n) is 9.77. The number of imidazole rings is 1. The summed E-state index contributed by atoms with van der Waals surface area (Å²) in [6, 6.07) is 11.3. The summed E-state index contributed by atoms with van der Waals surface area (Å²) < 4.78 is 0. The second kappa shape index (κ2) is 7.31. The topological polar surface area (TPSA) is 60.1 Å². The predicted octanol–water partition coefficient (Wildman–Crippen LogP) is 4.11. The fraction of sp³-hybridized carbons (Fsp3) is 0.520. The van der Waals surface area contributed by atoms with Crippen LogP contribution in [0.2, 0.25) is 0 Å². The molecule has 6 heteroatoms. The van der Waals surface area contributed by atoms with E-state index in [2.05, 4.69) is 63.3 Å². The number of hydrogen-bond acceptors (Lipinski definition) is 5. The molecule has 6 rings (SSSR count). The third kappa shape index (κ3) is 3.33. The molecule has 0 bridgehead atoms. The molecule has 1 spiro atoms. The van der Waals surface area contributed by atoms with Crippen LogP contribution >= 0.6 is 0 Å². The molecule has 1 aliphatic carbocycles. The van der Waals surface area contributed by atoms with Crippen molar-refractivity contribution in [2.75, 3.05) is 31.6 Å². The van der Waals surface area contributed by atoms with Gasteiger partial charge in [-0.15, -0.1) is 0 Å². The minimum Gasteiger partial charge on any atom is -0.367 e. The number of piperidine rings is 1. The Labute approximate surface area is 184 Å². The van der Waals surface area contributed by atoms with Gasteiger partial charge in [-0.2, -0.15) is 0 Å². The lowest BCUT2D eigenvalue weighted by atomic mass is 9.94. The summed E-state index contributed by atoms with van der Waals surface area (Å²) in [7, 11) is 2.29. The van der Waals surface area contributed by atoms with Crippen LogP contribution in [0.3, 0.4) is 0 Å². The first-order chi connectivity index (χ1) is 15.1. The van der Waals surface area contributed by atoms with Crippen LogP contribution < -0.4 is 10.2 Å². The summed E-state index contributed by atoms with van der Waals surface area (Å²) >= 11 is 0. The molecule has 2 aromatic heterocycles. The SMILES string of the molecule is Cc1cccnc1[C@@H]1CCC[C@H](c2nc3cccc(N4CCN(C)C5(CC5)C4)c3[nH]2)N1. The Bertz CT molecular complexity index is 1100. The van der Waals surface area contributed by atoms with Crippen LogP contribution in [0.25, 0.3) is 11.0 Å². The second-order valence-corrected chi connectivity index (χ2v) is 9.77. The first-order valence-electron chi connectivity index (χ1n) is 11.8. The maximum Gasteiger partial charge on any atom is 0.124 e. The summed E-state index contributed by atoms with van der Waals surface area (Å²) in [5, 5.41) is 3.84. The Morgan fingerprint density at radius 2 is 1.94 bits per heavy atom. The Hall–Kier alpha value is -2.44. The Morgan fingerprint density at radius 3 is 2.77 bits per heavy atom. The van der Waals surface area contributed by atoms with Crippen molar-refractivity contribution in [3.05, 3.63) is 53.6 Å². The van der Waals surface area contributed by atoms with Crippen molar-refractivity contribution < 1.29 is 0 Å². The molecule has 1 aromatic carbocycles. The average Bonchev–Trinajstić information content (AvgIpc) is 3.42. The summed E-state index contributed by atoms with van der Waals surface area (Å²) in [5.41, 5.74) is 6.42. The van der Waals surface area contributed by atoms with E-state index in [1.54, 1.807) is 0 Å². The first kappa shape index (κ1) is 19.3. The zero-order valence-corrected chi connectivity index (χ0v) is 18.6. The van der Waals surface area contributed by atoms with Crippen LogP contribution in [0.5, 0.6) is 0 Å². The number of likely N-dealkylation sites (N-methyl/N-ethyl adjacent to an activating group) is 1. The van der Waals surface area contributed by atoms with Gasteiger partial charge in [0.25, 0.3) is 0 Å². The number of H-pyrrole nitrogens is 1. The normalized spacial score (nSPS) is 25.9. The van der Waals surface area contributed by atoms with E-state index in [9.17, 15) is 0 Å². The molecule has 2 aliphatic heterocycles. The van der Waals surface area contributed by atoms with Gasteiger partial charge in [0.05, 0.1) is 34.5 Å². The third-order valence-electron chi connectivity index (χ3n) is 7.78. The molecule has 6 nitrogen and oxygen atoms in total. The Morgan fingerprint density at radius 1 is 1.06 bits per heavy atom. The molecule has 3 aliphatic rings. The standard InChI is InChI=1S/C25H32N6/c1-17-6-5-13-26-22(17)18-7-3-9-20(27-18)24-28-19-8-4-10-21(23(19)29-24)31-15-14-30(2)25(16-31)11-12-25/h4-6,8,10,13,18,20,27H,3,7,9,11-12,14-16H2,1-2H3,(H,28,29)/t18-,20+/m0/s1. The number of piperazine rings is 1. The maximum atomic E-state index is 5.03. The van der Waals surface area contributed by atoms with Crippen LogP contribution in [0.1, 0.15) is 61.3 Å². The molecule has 3 aromatic rings. The highest BCUT2D eigenvalue weighted by Gasteiger charge is 2.49. The van der Waals surface area contributed by atoms with Crippen molar-refractivity contribution in [1.29, 1.82) is 0 Å². The highest BCUT2D eigenvalue weighted by atomic mass is 15.3. The maximum absolute atomic E-state index is 5.03. The van der Waals surface area contributed by atoms with E-state index >= 15 is 0 Å². The molecule has 31 heavy (non-hydrogen) atoms. The zero-order valence-electron chi connectivity index (χ0n) is 18.6. The fourth-order valence-corrected chi connectivity index (χ4v) is 5.65. The monoisotopic (exact) mass is 416 g/mol. The molecule has 0 radical (unpaired) electrons. The number of para-hydroxylation sites is 1. The van der Waals surface area contributed by atoms with Gasteiger partial charge in [0.1, 0.15) is 5.82 Å². The molecule has 2 saturated heterocycles. The van der Waals surface area contributed by atoms with Gasteiger partial charge in [0.2, 0.25) is 0 Å². The number of benzene rings is 1. The van der Waals surface area contributed by atoms with Crippen LogP contribution in [-0.4, -0.2) is 52.1 Å². The minimum atomic E-state index is 0.239. The largest absolute Gasteiger partial charge is 0.367 e.